The first-order chi connectivity index (χ1) is 7.43. The van der Waals surface area contributed by atoms with Gasteiger partial charge in [-0.25, -0.2) is 0 Å². The fourth-order valence-corrected chi connectivity index (χ4v) is 1.88. The molecule has 0 saturated heterocycles. The van der Waals surface area contributed by atoms with E-state index in [2.05, 4.69) is 0 Å². The van der Waals surface area contributed by atoms with Crippen LogP contribution in [-0.2, 0) is 0 Å². The number of rotatable bonds is 2. The SMILES string of the molecule is CC1(C)Oc2cc(C(O)CN)cc(Cl)c2O1. The smallest absolute Gasteiger partial charge is 0.246 e. The molecule has 2 rings (SSSR count). The molecule has 0 fully saturated rings. The fourth-order valence-electron chi connectivity index (χ4n) is 1.62. The van der Waals surface area contributed by atoms with Gasteiger partial charge in [-0.1, -0.05) is 11.6 Å². The summed E-state index contributed by atoms with van der Waals surface area (Å²) in [6.45, 7) is 3.73. The number of benzene rings is 1. The van der Waals surface area contributed by atoms with Crippen molar-refractivity contribution in [3.63, 3.8) is 0 Å². The molecule has 16 heavy (non-hydrogen) atoms. The van der Waals surface area contributed by atoms with Gasteiger partial charge in [0.2, 0.25) is 5.79 Å². The molecule has 3 N–H and O–H groups in total. The van der Waals surface area contributed by atoms with E-state index in [1.54, 1.807) is 26.0 Å². The minimum atomic E-state index is -0.741. The fraction of sp³-hybridized carbons (Fsp3) is 0.455. The lowest BCUT2D eigenvalue weighted by atomic mass is 10.1. The maximum Gasteiger partial charge on any atom is 0.246 e. The number of fused-ring (bicyclic) bond motifs is 1. The Balaban J connectivity index is 2.42. The number of aliphatic hydroxyl groups is 1. The van der Waals surface area contributed by atoms with Gasteiger partial charge in [-0.2, -0.15) is 0 Å². The van der Waals surface area contributed by atoms with E-state index in [9.17, 15) is 5.11 Å². The Morgan fingerprint density at radius 1 is 1.44 bits per heavy atom. The Morgan fingerprint density at radius 2 is 2.12 bits per heavy atom. The second-order valence-corrected chi connectivity index (χ2v) is 4.59. The van der Waals surface area contributed by atoms with Crippen LogP contribution in [0.5, 0.6) is 11.5 Å². The third kappa shape index (κ3) is 1.96. The van der Waals surface area contributed by atoms with Crippen molar-refractivity contribution < 1.29 is 14.6 Å². The van der Waals surface area contributed by atoms with E-state index in [0.717, 1.165) is 0 Å². The lowest BCUT2D eigenvalue weighted by molar-refractivity contribution is -0.0431. The van der Waals surface area contributed by atoms with Crippen LogP contribution in [0.25, 0.3) is 0 Å². The predicted molar refractivity (Wildman–Crippen MR) is 60.8 cm³/mol. The maximum atomic E-state index is 9.64. The van der Waals surface area contributed by atoms with E-state index in [-0.39, 0.29) is 6.54 Å². The van der Waals surface area contributed by atoms with Crippen LogP contribution in [0.15, 0.2) is 12.1 Å². The van der Waals surface area contributed by atoms with Gasteiger partial charge in [0.1, 0.15) is 0 Å². The standard InChI is InChI=1S/C11H14ClNO3/c1-11(2)15-9-4-6(8(14)5-13)3-7(12)10(9)16-11/h3-4,8,14H,5,13H2,1-2H3. The predicted octanol–water partition coefficient (Wildman–Crippen LogP) is 1.84. The number of halogens is 1. The minimum Gasteiger partial charge on any atom is -0.449 e. The molecule has 1 aliphatic rings. The molecule has 0 aromatic heterocycles. The summed E-state index contributed by atoms with van der Waals surface area (Å²) in [5.41, 5.74) is 6.02. The molecular formula is C11H14ClNO3. The van der Waals surface area contributed by atoms with Crippen molar-refractivity contribution in [1.29, 1.82) is 0 Å². The lowest BCUT2D eigenvalue weighted by Crippen LogP contribution is -2.29. The first-order valence-corrected chi connectivity index (χ1v) is 5.40. The third-order valence-electron chi connectivity index (χ3n) is 2.34. The molecule has 1 aliphatic heterocycles. The summed E-state index contributed by atoms with van der Waals surface area (Å²) in [6, 6.07) is 3.34. The third-order valence-corrected chi connectivity index (χ3v) is 2.62. The summed E-state index contributed by atoms with van der Waals surface area (Å²) in [5.74, 6) is 0.331. The van der Waals surface area contributed by atoms with Crippen LogP contribution in [0.2, 0.25) is 5.02 Å². The van der Waals surface area contributed by atoms with Crippen LogP contribution in [-0.4, -0.2) is 17.4 Å². The topological polar surface area (TPSA) is 64.7 Å². The zero-order valence-electron chi connectivity index (χ0n) is 9.16. The number of aliphatic hydroxyl groups excluding tert-OH is 1. The van der Waals surface area contributed by atoms with E-state index >= 15 is 0 Å². The maximum absolute atomic E-state index is 9.64. The number of nitrogens with two attached hydrogens (primary N) is 1. The lowest BCUT2D eigenvalue weighted by Gasteiger charge is -2.16. The van der Waals surface area contributed by atoms with Gasteiger partial charge in [-0.15, -0.1) is 0 Å². The highest BCUT2D eigenvalue weighted by atomic mass is 35.5. The molecule has 88 valence electrons. The number of hydrogen-bond donors (Lipinski definition) is 2. The summed E-state index contributed by atoms with van der Waals surface area (Å²) < 4.78 is 11.1. The Labute approximate surface area is 98.9 Å². The minimum absolute atomic E-state index is 0.138. The van der Waals surface area contributed by atoms with Gasteiger partial charge < -0.3 is 20.3 Å². The van der Waals surface area contributed by atoms with Crippen molar-refractivity contribution in [2.75, 3.05) is 6.54 Å². The second-order valence-electron chi connectivity index (χ2n) is 4.19. The summed E-state index contributed by atoms with van der Waals surface area (Å²) in [5, 5.41) is 10.1. The Kier molecular flexibility index (Phi) is 2.74. The summed E-state index contributed by atoms with van der Waals surface area (Å²) >= 11 is 6.05. The monoisotopic (exact) mass is 243 g/mol. The van der Waals surface area contributed by atoms with E-state index in [1.807, 2.05) is 0 Å². The molecule has 1 heterocycles. The molecule has 0 radical (unpaired) electrons. The zero-order chi connectivity index (χ0) is 11.9. The summed E-state index contributed by atoms with van der Waals surface area (Å²) in [7, 11) is 0. The van der Waals surface area contributed by atoms with Crippen molar-refractivity contribution in [3.8, 4) is 11.5 Å². The van der Waals surface area contributed by atoms with Crippen molar-refractivity contribution in [1.82, 2.24) is 0 Å². The number of hydrogen-bond acceptors (Lipinski definition) is 4. The molecule has 1 aromatic carbocycles. The van der Waals surface area contributed by atoms with Crippen LogP contribution in [0.4, 0.5) is 0 Å². The number of ether oxygens (including phenoxy) is 2. The van der Waals surface area contributed by atoms with Crippen molar-refractivity contribution in [2.45, 2.75) is 25.7 Å². The average Bonchev–Trinajstić information content (AvgIpc) is 2.52. The molecule has 4 nitrogen and oxygen atoms in total. The Hall–Kier alpha value is -0.970. The van der Waals surface area contributed by atoms with E-state index in [4.69, 9.17) is 26.8 Å². The molecular weight excluding hydrogens is 230 g/mol. The summed E-state index contributed by atoms with van der Waals surface area (Å²) in [4.78, 5) is 0. The van der Waals surface area contributed by atoms with Crippen molar-refractivity contribution >= 4 is 11.6 Å². The molecule has 0 spiro atoms. The van der Waals surface area contributed by atoms with Gasteiger partial charge in [-0.3, -0.25) is 0 Å². The normalized spacial score (nSPS) is 18.6. The Bertz CT molecular complexity index is 420. The van der Waals surface area contributed by atoms with Crippen molar-refractivity contribution in [2.24, 2.45) is 5.73 Å². The molecule has 1 atom stereocenters. The van der Waals surface area contributed by atoms with Crippen LogP contribution in [0.3, 0.4) is 0 Å². The molecule has 0 aliphatic carbocycles. The quantitative estimate of drug-likeness (QED) is 0.832. The highest BCUT2D eigenvalue weighted by molar-refractivity contribution is 6.32. The van der Waals surface area contributed by atoms with E-state index in [0.29, 0.717) is 22.1 Å². The first-order valence-electron chi connectivity index (χ1n) is 5.02. The van der Waals surface area contributed by atoms with Gasteiger partial charge in [0, 0.05) is 20.4 Å². The van der Waals surface area contributed by atoms with Crippen LogP contribution >= 0.6 is 11.6 Å². The van der Waals surface area contributed by atoms with Gasteiger partial charge in [0.25, 0.3) is 0 Å². The van der Waals surface area contributed by atoms with Gasteiger partial charge in [0.15, 0.2) is 11.5 Å². The molecule has 1 unspecified atom stereocenters. The summed E-state index contributed by atoms with van der Waals surface area (Å²) in [6.07, 6.45) is -0.741. The van der Waals surface area contributed by atoms with E-state index in [1.165, 1.54) is 0 Å². The van der Waals surface area contributed by atoms with E-state index < -0.39 is 11.9 Å². The van der Waals surface area contributed by atoms with Gasteiger partial charge in [0.05, 0.1) is 11.1 Å². The first kappa shape index (κ1) is 11.5. The molecule has 0 bridgehead atoms. The second kappa shape index (κ2) is 3.80. The largest absolute Gasteiger partial charge is 0.449 e. The molecule has 0 amide bonds. The van der Waals surface area contributed by atoms with Crippen LogP contribution in [0, 0.1) is 0 Å². The molecule has 5 heteroatoms. The molecule has 1 aromatic rings. The average molecular weight is 244 g/mol. The van der Waals surface area contributed by atoms with Gasteiger partial charge in [-0.05, 0) is 17.7 Å². The van der Waals surface area contributed by atoms with Gasteiger partial charge >= 0.3 is 0 Å². The Morgan fingerprint density at radius 3 is 2.75 bits per heavy atom. The highest BCUT2D eigenvalue weighted by Crippen LogP contribution is 2.45. The van der Waals surface area contributed by atoms with Crippen LogP contribution in [0.1, 0.15) is 25.5 Å². The van der Waals surface area contributed by atoms with Crippen molar-refractivity contribution in [3.05, 3.63) is 22.7 Å². The molecule has 0 saturated carbocycles. The zero-order valence-corrected chi connectivity index (χ0v) is 9.91. The highest BCUT2D eigenvalue weighted by Gasteiger charge is 2.34. The van der Waals surface area contributed by atoms with Crippen LogP contribution < -0.4 is 15.2 Å².